The van der Waals surface area contributed by atoms with Gasteiger partial charge in [0.2, 0.25) is 0 Å². The van der Waals surface area contributed by atoms with Crippen molar-refractivity contribution in [2.45, 2.75) is 9.10 Å². The van der Waals surface area contributed by atoms with E-state index in [9.17, 15) is 16.8 Å². The van der Waals surface area contributed by atoms with Crippen LogP contribution in [-0.2, 0) is 18.1 Å². The van der Waals surface area contributed by atoms with E-state index in [2.05, 4.69) is 0 Å². The highest BCUT2D eigenvalue weighted by atomic mass is 35.7. The molecular weight excluding hydrogens is 279 g/mol. The van der Waals surface area contributed by atoms with Crippen molar-refractivity contribution in [3.63, 3.8) is 0 Å². The lowest BCUT2D eigenvalue weighted by molar-refractivity contribution is 0.609. The molecule has 1 aromatic heterocycles. The lowest BCUT2D eigenvalue weighted by Crippen LogP contribution is -1.88. The molecule has 0 aromatic carbocycles. The van der Waals surface area contributed by atoms with Crippen molar-refractivity contribution >= 4 is 50.8 Å². The Hall–Kier alpha value is 0.180. The summed E-state index contributed by atoms with van der Waals surface area (Å²) in [6.07, 6.45) is 0. The SMILES string of the molecule is O=S(=O)(Cl)c1csc(S(=O)(=O)Cl)c1. The van der Waals surface area contributed by atoms with Crippen LogP contribution in [0.25, 0.3) is 0 Å². The van der Waals surface area contributed by atoms with Gasteiger partial charge in [0, 0.05) is 26.7 Å². The van der Waals surface area contributed by atoms with Gasteiger partial charge in [-0.2, -0.15) is 0 Å². The minimum Gasteiger partial charge on any atom is -0.207 e. The normalized spacial score (nSPS) is 13.1. The van der Waals surface area contributed by atoms with Gasteiger partial charge in [-0.15, -0.1) is 11.3 Å². The highest BCUT2D eigenvalue weighted by molar-refractivity contribution is 8.15. The van der Waals surface area contributed by atoms with E-state index in [0.29, 0.717) is 11.3 Å². The molecule has 0 amide bonds. The van der Waals surface area contributed by atoms with Gasteiger partial charge < -0.3 is 0 Å². The molecule has 0 aliphatic rings. The molecule has 0 saturated carbocycles. The maximum atomic E-state index is 10.7. The number of rotatable bonds is 2. The summed E-state index contributed by atoms with van der Waals surface area (Å²) in [4.78, 5) is -0.265. The van der Waals surface area contributed by atoms with E-state index in [-0.39, 0.29) is 9.10 Å². The fourth-order valence-corrected chi connectivity index (χ4v) is 3.86. The first-order valence-corrected chi connectivity index (χ1v) is 8.19. The van der Waals surface area contributed by atoms with Crippen LogP contribution in [0.15, 0.2) is 20.6 Å². The third-order valence-corrected chi connectivity index (χ3v) is 5.60. The van der Waals surface area contributed by atoms with Gasteiger partial charge in [0.1, 0.15) is 4.21 Å². The maximum Gasteiger partial charge on any atom is 0.270 e. The van der Waals surface area contributed by atoms with Crippen LogP contribution >= 0.6 is 32.7 Å². The smallest absolute Gasteiger partial charge is 0.207 e. The van der Waals surface area contributed by atoms with E-state index >= 15 is 0 Å². The van der Waals surface area contributed by atoms with E-state index in [1.165, 1.54) is 0 Å². The zero-order chi connectivity index (χ0) is 10.3. The average molecular weight is 281 g/mol. The minimum atomic E-state index is -3.88. The van der Waals surface area contributed by atoms with E-state index < -0.39 is 18.1 Å². The monoisotopic (exact) mass is 280 g/mol. The van der Waals surface area contributed by atoms with Crippen molar-refractivity contribution in [3.05, 3.63) is 11.4 Å². The van der Waals surface area contributed by atoms with Gasteiger partial charge in [0.15, 0.2) is 0 Å². The molecule has 0 N–H and O–H groups in total. The maximum absolute atomic E-state index is 10.7. The van der Waals surface area contributed by atoms with Crippen LogP contribution in [0, 0.1) is 0 Å². The summed E-state index contributed by atoms with van der Waals surface area (Å²) in [7, 11) is 2.17. The van der Waals surface area contributed by atoms with E-state index in [4.69, 9.17) is 21.4 Å². The molecule has 1 heterocycles. The van der Waals surface area contributed by atoms with E-state index in [1.54, 1.807) is 0 Å². The molecule has 0 bridgehead atoms. The summed E-state index contributed by atoms with van der Waals surface area (Å²) < 4.78 is 42.6. The largest absolute Gasteiger partial charge is 0.270 e. The van der Waals surface area contributed by atoms with Crippen LogP contribution in [0.3, 0.4) is 0 Å². The molecular formula is C4H2Cl2O4S3. The second kappa shape index (κ2) is 3.39. The molecule has 0 unspecified atom stereocenters. The molecule has 0 fully saturated rings. The van der Waals surface area contributed by atoms with E-state index in [0.717, 1.165) is 11.4 Å². The van der Waals surface area contributed by atoms with Crippen molar-refractivity contribution in [2.75, 3.05) is 0 Å². The van der Waals surface area contributed by atoms with Gasteiger partial charge in [-0.1, -0.05) is 0 Å². The molecule has 4 nitrogen and oxygen atoms in total. The lowest BCUT2D eigenvalue weighted by Gasteiger charge is -1.86. The molecule has 0 radical (unpaired) electrons. The fourth-order valence-electron chi connectivity index (χ4n) is 0.556. The van der Waals surface area contributed by atoms with Crippen LogP contribution in [0.1, 0.15) is 0 Å². The third kappa shape index (κ3) is 2.81. The van der Waals surface area contributed by atoms with E-state index in [1.807, 2.05) is 0 Å². The van der Waals surface area contributed by atoms with Crippen molar-refractivity contribution in [2.24, 2.45) is 0 Å². The summed E-state index contributed by atoms with van der Waals surface area (Å²) in [6, 6.07) is 0.912. The zero-order valence-electron chi connectivity index (χ0n) is 5.77. The summed E-state index contributed by atoms with van der Waals surface area (Å²) in [5.74, 6) is 0. The number of hydrogen-bond donors (Lipinski definition) is 0. The van der Waals surface area contributed by atoms with Crippen LogP contribution in [0.2, 0.25) is 0 Å². The first-order chi connectivity index (χ1) is 5.71. The summed E-state index contributed by atoms with van der Waals surface area (Å²) >= 11 is 0.700. The second-order valence-electron chi connectivity index (χ2n) is 1.98. The molecule has 0 spiro atoms. The summed E-state index contributed by atoms with van der Waals surface area (Å²) in [5, 5.41) is 1.11. The zero-order valence-corrected chi connectivity index (χ0v) is 9.73. The quantitative estimate of drug-likeness (QED) is 0.772. The minimum absolute atomic E-state index is 0.242. The standard InChI is InChI=1S/C4H2Cl2O4S3/c5-12(7,8)3-1-4(11-2-3)13(6,9)10/h1-2H. The molecule has 0 aliphatic carbocycles. The van der Waals surface area contributed by atoms with Crippen molar-refractivity contribution in [1.82, 2.24) is 0 Å². The fraction of sp³-hybridized carbons (Fsp3) is 0. The molecule has 13 heavy (non-hydrogen) atoms. The Morgan fingerprint density at radius 2 is 1.62 bits per heavy atom. The summed E-state index contributed by atoms with van der Waals surface area (Å²) in [6.45, 7) is 0. The Kier molecular flexibility index (Phi) is 2.94. The molecule has 1 rings (SSSR count). The van der Waals surface area contributed by atoms with Crippen molar-refractivity contribution < 1.29 is 16.8 Å². The average Bonchev–Trinajstić information content (AvgIpc) is 2.28. The van der Waals surface area contributed by atoms with Gasteiger partial charge in [-0.25, -0.2) is 16.8 Å². The second-order valence-corrected chi connectivity index (χ2v) is 8.25. The van der Waals surface area contributed by atoms with Gasteiger partial charge in [-0.05, 0) is 6.07 Å². The number of thiophene rings is 1. The van der Waals surface area contributed by atoms with Crippen LogP contribution in [-0.4, -0.2) is 16.8 Å². The molecule has 0 saturated heterocycles. The molecule has 1 aromatic rings. The highest BCUT2D eigenvalue weighted by Crippen LogP contribution is 2.27. The predicted octanol–water partition coefficient (Wildman–Crippen LogP) is 1.60. The first-order valence-electron chi connectivity index (χ1n) is 2.69. The predicted molar refractivity (Wildman–Crippen MR) is 50.4 cm³/mol. The van der Waals surface area contributed by atoms with Gasteiger partial charge in [0.05, 0.1) is 4.90 Å². The molecule has 0 atom stereocenters. The molecule has 9 heteroatoms. The topological polar surface area (TPSA) is 68.3 Å². The Morgan fingerprint density at radius 3 is 1.85 bits per heavy atom. The van der Waals surface area contributed by atoms with Gasteiger partial charge in [-0.3, -0.25) is 0 Å². The third-order valence-electron chi connectivity index (χ3n) is 1.07. The van der Waals surface area contributed by atoms with Crippen LogP contribution in [0.4, 0.5) is 0 Å². The summed E-state index contributed by atoms with van der Waals surface area (Å²) in [5.41, 5.74) is 0. The highest BCUT2D eigenvalue weighted by Gasteiger charge is 2.18. The van der Waals surface area contributed by atoms with Crippen LogP contribution < -0.4 is 0 Å². The van der Waals surface area contributed by atoms with Crippen molar-refractivity contribution in [1.29, 1.82) is 0 Å². The first kappa shape index (κ1) is 11.3. The Morgan fingerprint density at radius 1 is 1.08 bits per heavy atom. The van der Waals surface area contributed by atoms with Gasteiger partial charge in [0.25, 0.3) is 18.1 Å². The van der Waals surface area contributed by atoms with Crippen molar-refractivity contribution in [3.8, 4) is 0 Å². The Balaban J connectivity index is 3.32. The van der Waals surface area contributed by atoms with Gasteiger partial charge >= 0.3 is 0 Å². The lowest BCUT2D eigenvalue weighted by atomic mass is 10.7. The molecule has 74 valence electrons. The molecule has 0 aliphatic heterocycles. The van der Waals surface area contributed by atoms with Crippen LogP contribution in [0.5, 0.6) is 0 Å². The number of hydrogen-bond acceptors (Lipinski definition) is 5. The Bertz CT molecular complexity index is 465. The number of halogens is 2. The Labute approximate surface area is 87.9 Å².